The third-order valence-electron chi connectivity index (χ3n) is 3.98. The minimum absolute atomic E-state index is 0.0281. The summed E-state index contributed by atoms with van der Waals surface area (Å²) in [6.45, 7) is 0. The van der Waals surface area contributed by atoms with Gasteiger partial charge in [0.2, 0.25) is 0 Å². The molecule has 2 bridgehead atoms. The molecule has 0 aromatic heterocycles. The second kappa shape index (κ2) is 2.43. The molecule has 0 aromatic rings. The van der Waals surface area contributed by atoms with Gasteiger partial charge < -0.3 is 9.53 Å². The number of carbonyl (C=O) groups is 3. The topological polar surface area (TPSA) is 60.4 Å². The first-order valence-electron chi connectivity index (χ1n) is 4.93. The number of esters is 2. The summed E-state index contributed by atoms with van der Waals surface area (Å²) in [6.07, 6.45) is 2.54. The predicted molar refractivity (Wildman–Crippen MR) is 43.8 cm³/mol. The molecule has 2 saturated carbocycles. The van der Waals surface area contributed by atoms with Crippen molar-refractivity contribution in [1.29, 1.82) is 0 Å². The summed E-state index contributed by atoms with van der Waals surface area (Å²) >= 11 is 0. The molecular weight excluding hydrogens is 184 g/mol. The zero-order valence-electron chi connectivity index (χ0n) is 7.51. The van der Waals surface area contributed by atoms with E-state index in [9.17, 15) is 14.4 Å². The van der Waals surface area contributed by atoms with Crippen LogP contribution in [-0.4, -0.2) is 18.2 Å². The summed E-state index contributed by atoms with van der Waals surface area (Å²) in [5.74, 6) is -1.06. The normalized spacial score (nSPS) is 49.3. The van der Waals surface area contributed by atoms with E-state index in [1.54, 1.807) is 0 Å². The molecule has 14 heavy (non-hydrogen) atoms. The minimum atomic E-state index is -0.404. The van der Waals surface area contributed by atoms with Crippen molar-refractivity contribution in [3.63, 3.8) is 0 Å². The summed E-state index contributed by atoms with van der Waals surface area (Å²) in [6, 6.07) is 0. The van der Waals surface area contributed by atoms with Crippen LogP contribution in [0.25, 0.3) is 0 Å². The van der Waals surface area contributed by atoms with E-state index in [4.69, 9.17) is 0 Å². The number of hydrogen-bond acceptors (Lipinski definition) is 4. The van der Waals surface area contributed by atoms with Gasteiger partial charge in [0.25, 0.3) is 0 Å². The van der Waals surface area contributed by atoms with Gasteiger partial charge in [-0.15, -0.1) is 0 Å². The lowest BCUT2D eigenvalue weighted by Crippen LogP contribution is -2.30. The summed E-state index contributed by atoms with van der Waals surface area (Å²) in [5, 5.41) is 0. The fourth-order valence-corrected chi connectivity index (χ4v) is 3.46. The minimum Gasteiger partial charge on any atom is -0.393 e. The molecule has 1 aliphatic heterocycles. The Morgan fingerprint density at radius 1 is 1.14 bits per heavy atom. The Hall–Kier alpha value is -1.19. The van der Waals surface area contributed by atoms with Gasteiger partial charge in [0.05, 0.1) is 11.8 Å². The number of cyclic esters (lactones) is 2. The number of aldehydes is 1. The van der Waals surface area contributed by atoms with Gasteiger partial charge in [0.1, 0.15) is 6.29 Å². The summed E-state index contributed by atoms with van der Waals surface area (Å²) < 4.78 is 4.61. The maximum absolute atomic E-state index is 11.4. The SMILES string of the molecule is O=CC1CC2CC1[C@@H]1C(=O)OC(=O)[C@H]21. The number of fused-ring (bicyclic) bond motifs is 5. The van der Waals surface area contributed by atoms with E-state index >= 15 is 0 Å². The second-order valence-electron chi connectivity index (χ2n) is 4.49. The van der Waals surface area contributed by atoms with Crippen molar-refractivity contribution in [2.45, 2.75) is 12.8 Å². The van der Waals surface area contributed by atoms with E-state index < -0.39 is 5.97 Å². The third-order valence-corrected chi connectivity index (χ3v) is 3.98. The van der Waals surface area contributed by atoms with Crippen LogP contribution in [0, 0.1) is 29.6 Å². The van der Waals surface area contributed by atoms with Crippen LogP contribution in [0.15, 0.2) is 0 Å². The van der Waals surface area contributed by atoms with Crippen LogP contribution < -0.4 is 0 Å². The van der Waals surface area contributed by atoms with E-state index in [-0.39, 0.29) is 35.6 Å². The fraction of sp³-hybridized carbons (Fsp3) is 0.700. The molecule has 3 aliphatic rings. The lowest BCUT2D eigenvalue weighted by Gasteiger charge is -2.23. The van der Waals surface area contributed by atoms with Gasteiger partial charge in [-0.25, -0.2) is 0 Å². The van der Waals surface area contributed by atoms with Gasteiger partial charge in [-0.2, -0.15) is 0 Å². The highest BCUT2D eigenvalue weighted by Crippen LogP contribution is 2.57. The average molecular weight is 194 g/mol. The lowest BCUT2D eigenvalue weighted by atomic mass is 9.76. The largest absolute Gasteiger partial charge is 0.393 e. The first-order valence-corrected chi connectivity index (χ1v) is 4.93. The maximum atomic E-state index is 11.4. The standard InChI is InChI=1S/C10H10O4/c11-3-5-1-4-2-6(5)8-7(4)9(12)14-10(8)13/h3-8H,1-2H2/t4?,5?,6?,7-,8+/m1/s1. The Balaban J connectivity index is 1.97. The Morgan fingerprint density at radius 2 is 1.86 bits per heavy atom. The molecule has 0 amide bonds. The van der Waals surface area contributed by atoms with Crippen molar-refractivity contribution in [3.05, 3.63) is 0 Å². The van der Waals surface area contributed by atoms with Crippen molar-refractivity contribution in [2.75, 3.05) is 0 Å². The highest BCUT2D eigenvalue weighted by molar-refractivity contribution is 5.98. The predicted octanol–water partition coefficient (Wildman–Crippen LogP) is 0.157. The number of rotatable bonds is 1. The summed E-state index contributed by atoms with van der Waals surface area (Å²) in [5.41, 5.74) is 0. The molecular formula is C10H10O4. The molecule has 5 atom stereocenters. The van der Waals surface area contributed by atoms with Crippen molar-refractivity contribution in [1.82, 2.24) is 0 Å². The molecule has 0 aromatic carbocycles. The molecule has 0 N–H and O–H groups in total. The van der Waals surface area contributed by atoms with E-state index in [0.717, 1.165) is 19.1 Å². The Bertz CT molecular complexity index is 335. The maximum Gasteiger partial charge on any atom is 0.317 e. The molecule has 0 radical (unpaired) electrons. The van der Waals surface area contributed by atoms with Crippen molar-refractivity contribution < 1.29 is 19.1 Å². The van der Waals surface area contributed by atoms with E-state index in [2.05, 4.69) is 4.74 Å². The lowest BCUT2D eigenvalue weighted by molar-refractivity contribution is -0.154. The van der Waals surface area contributed by atoms with Gasteiger partial charge in [-0.05, 0) is 24.7 Å². The molecule has 0 spiro atoms. The van der Waals surface area contributed by atoms with Crippen LogP contribution in [0.4, 0.5) is 0 Å². The van der Waals surface area contributed by atoms with Crippen molar-refractivity contribution in [2.24, 2.45) is 29.6 Å². The Morgan fingerprint density at radius 3 is 2.57 bits per heavy atom. The molecule has 1 saturated heterocycles. The Labute approximate surface area is 80.6 Å². The van der Waals surface area contributed by atoms with Crippen LogP contribution in [-0.2, 0) is 19.1 Å². The van der Waals surface area contributed by atoms with E-state index in [1.165, 1.54) is 0 Å². The molecule has 1 heterocycles. The monoisotopic (exact) mass is 194 g/mol. The molecule has 3 unspecified atom stereocenters. The third kappa shape index (κ3) is 0.768. The first-order chi connectivity index (χ1) is 6.72. The number of hydrogen-bond donors (Lipinski definition) is 0. The second-order valence-corrected chi connectivity index (χ2v) is 4.49. The molecule has 3 fully saturated rings. The molecule has 2 aliphatic carbocycles. The van der Waals surface area contributed by atoms with Crippen LogP contribution in [0.3, 0.4) is 0 Å². The van der Waals surface area contributed by atoms with E-state index in [0.29, 0.717) is 0 Å². The van der Waals surface area contributed by atoms with Gasteiger partial charge in [-0.3, -0.25) is 9.59 Å². The van der Waals surface area contributed by atoms with Crippen molar-refractivity contribution in [3.8, 4) is 0 Å². The molecule has 4 nitrogen and oxygen atoms in total. The average Bonchev–Trinajstić information content (AvgIpc) is 2.78. The molecule has 74 valence electrons. The van der Waals surface area contributed by atoms with Gasteiger partial charge in [-0.1, -0.05) is 0 Å². The zero-order chi connectivity index (χ0) is 9.87. The number of ether oxygens (including phenoxy) is 1. The summed E-state index contributed by atoms with van der Waals surface area (Å²) in [4.78, 5) is 33.4. The summed E-state index contributed by atoms with van der Waals surface area (Å²) in [7, 11) is 0. The van der Waals surface area contributed by atoms with Crippen molar-refractivity contribution >= 4 is 18.2 Å². The van der Waals surface area contributed by atoms with Crippen LogP contribution in [0.2, 0.25) is 0 Å². The number of carbonyl (C=O) groups excluding carboxylic acids is 3. The van der Waals surface area contributed by atoms with Crippen LogP contribution in [0.5, 0.6) is 0 Å². The highest BCUT2D eigenvalue weighted by Gasteiger charge is 2.62. The fourth-order valence-electron chi connectivity index (χ4n) is 3.46. The van der Waals surface area contributed by atoms with Crippen LogP contribution in [0.1, 0.15) is 12.8 Å². The first kappa shape index (κ1) is 8.15. The van der Waals surface area contributed by atoms with Crippen LogP contribution >= 0.6 is 0 Å². The smallest absolute Gasteiger partial charge is 0.317 e. The molecule has 3 rings (SSSR count). The zero-order valence-corrected chi connectivity index (χ0v) is 7.51. The Kier molecular flexibility index (Phi) is 1.42. The van der Waals surface area contributed by atoms with Gasteiger partial charge in [0, 0.05) is 5.92 Å². The quantitative estimate of drug-likeness (QED) is 0.339. The highest BCUT2D eigenvalue weighted by atomic mass is 16.6. The van der Waals surface area contributed by atoms with Gasteiger partial charge in [0.15, 0.2) is 0 Å². The van der Waals surface area contributed by atoms with E-state index in [1.807, 2.05) is 0 Å². The van der Waals surface area contributed by atoms with Gasteiger partial charge >= 0.3 is 11.9 Å². The molecule has 4 heteroatoms.